The number of amides is 1. The lowest BCUT2D eigenvalue weighted by Crippen LogP contribution is -2.47. The van der Waals surface area contributed by atoms with E-state index in [-0.39, 0.29) is 6.42 Å². The Morgan fingerprint density at radius 3 is 2.10 bits per heavy atom. The van der Waals surface area contributed by atoms with Gasteiger partial charge in [0, 0.05) is 0 Å². The second-order valence-corrected chi connectivity index (χ2v) is 2.37. The van der Waals surface area contributed by atoms with E-state index in [4.69, 9.17) is 16.6 Å². The summed E-state index contributed by atoms with van der Waals surface area (Å²) in [5.74, 6) is -1.95. The Hall–Kier alpha value is -1.10. The molecule has 0 aromatic heterocycles. The Labute approximate surface area is 58.0 Å². The summed E-state index contributed by atoms with van der Waals surface area (Å²) in [7, 11) is 0. The lowest BCUT2D eigenvalue weighted by molar-refractivity contribution is -0.144. The fourth-order valence-corrected chi connectivity index (χ4v) is 0.438. The normalized spacial score (nSPS) is 15.8. The largest absolute Gasteiger partial charge is 0.480 e. The van der Waals surface area contributed by atoms with Crippen molar-refractivity contribution in [3.63, 3.8) is 0 Å². The minimum atomic E-state index is -1.54. The Morgan fingerprint density at radius 2 is 2.00 bits per heavy atom. The van der Waals surface area contributed by atoms with Gasteiger partial charge in [0.2, 0.25) is 5.91 Å². The van der Waals surface area contributed by atoms with Crippen LogP contribution >= 0.6 is 0 Å². The van der Waals surface area contributed by atoms with Gasteiger partial charge in [0.1, 0.15) is 5.54 Å². The molecule has 0 aliphatic carbocycles. The highest BCUT2D eigenvalue weighted by Gasteiger charge is 2.29. The van der Waals surface area contributed by atoms with E-state index in [1.54, 1.807) is 0 Å². The Bertz CT molecular complexity index is 164. The van der Waals surface area contributed by atoms with E-state index in [2.05, 4.69) is 0 Å². The van der Waals surface area contributed by atoms with Crippen LogP contribution in [0.4, 0.5) is 0 Å². The maximum atomic E-state index is 10.2. The summed E-state index contributed by atoms with van der Waals surface area (Å²) in [6, 6.07) is 0. The minimum Gasteiger partial charge on any atom is -0.480 e. The molecule has 0 aliphatic heterocycles. The van der Waals surface area contributed by atoms with Crippen LogP contribution < -0.4 is 11.5 Å². The summed E-state index contributed by atoms with van der Waals surface area (Å²) in [5.41, 5.74) is 8.36. The number of hydrogen-bond acceptors (Lipinski definition) is 3. The standard InChI is InChI=1S/C5H10N2O3/c1-5(7,4(9)10)2-3(6)8/h2,7H2,1H3,(H2,6,8)(H,9,10)/t5-/m1/s1. The molecule has 0 unspecified atom stereocenters. The molecule has 5 N–H and O–H groups in total. The zero-order chi connectivity index (χ0) is 8.36. The summed E-state index contributed by atoms with van der Waals surface area (Å²) in [5, 5.41) is 8.36. The molecule has 0 saturated carbocycles. The molecule has 5 heteroatoms. The molecule has 1 amide bonds. The topological polar surface area (TPSA) is 106 Å². The van der Waals surface area contributed by atoms with Crippen molar-refractivity contribution < 1.29 is 14.7 Å². The van der Waals surface area contributed by atoms with E-state index < -0.39 is 17.4 Å². The minimum absolute atomic E-state index is 0.345. The fourth-order valence-electron chi connectivity index (χ4n) is 0.438. The Kier molecular flexibility index (Phi) is 2.36. The van der Waals surface area contributed by atoms with Crippen LogP contribution in [-0.2, 0) is 9.59 Å². The van der Waals surface area contributed by atoms with Crippen LogP contribution in [0.25, 0.3) is 0 Å². The van der Waals surface area contributed by atoms with E-state index in [1.165, 1.54) is 6.92 Å². The van der Waals surface area contributed by atoms with Crippen LogP contribution in [0.15, 0.2) is 0 Å². The highest BCUT2D eigenvalue weighted by molar-refractivity contribution is 5.86. The van der Waals surface area contributed by atoms with Gasteiger partial charge in [0.15, 0.2) is 0 Å². The molecule has 0 spiro atoms. The van der Waals surface area contributed by atoms with Crippen molar-refractivity contribution in [3.8, 4) is 0 Å². The average Bonchev–Trinajstić information content (AvgIpc) is 1.60. The van der Waals surface area contributed by atoms with Crippen LogP contribution in [0.3, 0.4) is 0 Å². The van der Waals surface area contributed by atoms with E-state index in [1.807, 2.05) is 0 Å². The van der Waals surface area contributed by atoms with Crippen LogP contribution in [0.2, 0.25) is 0 Å². The van der Waals surface area contributed by atoms with Gasteiger partial charge in [0.05, 0.1) is 6.42 Å². The van der Waals surface area contributed by atoms with Crippen molar-refractivity contribution in [1.29, 1.82) is 0 Å². The molecule has 0 aromatic rings. The number of primary amides is 1. The van der Waals surface area contributed by atoms with Gasteiger partial charge in [-0.2, -0.15) is 0 Å². The van der Waals surface area contributed by atoms with Gasteiger partial charge in [-0.15, -0.1) is 0 Å². The number of rotatable bonds is 3. The molecule has 0 fully saturated rings. The maximum absolute atomic E-state index is 10.2. The molecule has 0 heterocycles. The SMILES string of the molecule is C[C@@](N)(CC(N)=O)C(=O)O. The molecule has 1 atom stereocenters. The third-order valence-electron chi connectivity index (χ3n) is 1.03. The number of carboxylic acid groups (broad SMARTS) is 1. The molecule has 0 rings (SSSR count). The first-order valence-corrected chi connectivity index (χ1v) is 2.67. The van der Waals surface area contributed by atoms with Crippen LogP contribution in [0, 0.1) is 0 Å². The first-order chi connectivity index (χ1) is 4.36. The maximum Gasteiger partial charge on any atom is 0.323 e. The monoisotopic (exact) mass is 146 g/mol. The Balaban J connectivity index is 4.13. The number of nitrogens with two attached hydrogens (primary N) is 2. The molecule has 5 nitrogen and oxygen atoms in total. The van der Waals surface area contributed by atoms with Crippen molar-refractivity contribution in [2.75, 3.05) is 0 Å². The fraction of sp³-hybridized carbons (Fsp3) is 0.600. The molecule has 0 aromatic carbocycles. The van der Waals surface area contributed by atoms with Crippen LogP contribution in [-0.4, -0.2) is 22.5 Å². The summed E-state index contributed by atoms with van der Waals surface area (Å²) in [4.78, 5) is 20.4. The molecular weight excluding hydrogens is 136 g/mol. The predicted octanol–water partition coefficient (Wildman–Crippen LogP) is -1.34. The zero-order valence-electron chi connectivity index (χ0n) is 5.63. The second-order valence-electron chi connectivity index (χ2n) is 2.37. The highest BCUT2D eigenvalue weighted by atomic mass is 16.4. The summed E-state index contributed by atoms with van der Waals surface area (Å²) in [6.45, 7) is 1.24. The van der Waals surface area contributed by atoms with Crippen molar-refractivity contribution in [1.82, 2.24) is 0 Å². The van der Waals surface area contributed by atoms with Crippen molar-refractivity contribution >= 4 is 11.9 Å². The first-order valence-electron chi connectivity index (χ1n) is 2.67. The Morgan fingerprint density at radius 1 is 1.60 bits per heavy atom. The number of aliphatic carboxylic acids is 1. The lowest BCUT2D eigenvalue weighted by atomic mass is 10.00. The van der Waals surface area contributed by atoms with E-state index >= 15 is 0 Å². The van der Waals surface area contributed by atoms with E-state index in [0.29, 0.717) is 0 Å². The van der Waals surface area contributed by atoms with Gasteiger partial charge in [-0.3, -0.25) is 9.59 Å². The zero-order valence-corrected chi connectivity index (χ0v) is 5.63. The van der Waals surface area contributed by atoms with Crippen LogP contribution in [0.5, 0.6) is 0 Å². The summed E-state index contributed by atoms with van der Waals surface area (Å²) in [6.07, 6.45) is -0.345. The van der Waals surface area contributed by atoms with Gasteiger partial charge < -0.3 is 16.6 Å². The van der Waals surface area contributed by atoms with Crippen molar-refractivity contribution in [2.45, 2.75) is 18.9 Å². The summed E-state index contributed by atoms with van der Waals surface area (Å²) >= 11 is 0. The van der Waals surface area contributed by atoms with Crippen molar-refractivity contribution in [2.24, 2.45) is 11.5 Å². The van der Waals surface area contributed by atoms with Gasteiger partial charge in [-0.1, -0.05) is 0 Å². The van der Waals surface area contributed by atoms with Gasteiger partial charge in [0.25, 0.3) is 0 Å². The second kappa shape index (κ2) is 2.66. The van der Waals surface area contributed by atoms with E-state index in [0.717, 1.165) is 0 Å². The van der Waals surface area contributed by atoms with Gasteiger partial charge >= 0.3 is 5.97 Å². The van der Waals surface area contributed by atoms with Crippen molar-refractivity contribution in [3.05, 3.63) is 0 Å². The average molecular weight is 146 g/mol. The number of carbonyl (C=O) groups is 2. The summed E-state index contributed by atoms with van der Waals surface area (Å²) < 4.78 is 0. The number of carbonyl (C=O) groups excluding carboxylic acids is 1. The smallest absolute Gasteiger partial charge is 0.323 e. The molecule has 10 heavy (non-hydrogen) atoms. The molecule has 0 aliphatic rings. The third-order valence-corrected chi connectivity index (χ3v) is 1.03. The third kappa shape index (κ3) is 2.45. The lowest BCUT2D eigenvalue weighted by Gasteiger charge is -2.15. The van der Waals surface area contributed by atoms with E-state index in [9.17, 15) is 9.59 Å². The molecule has 0 radical (unpaired) electrons. The number of carboxylic acids is 1. The first kappa shape index (κ1) is 8.90. The van der Waals surface area contributed by atoms with Crippen LogP contribution in [0.1, 0.15) is 13.3 Å². The van der Waals surface area contributed by atoms with Gasteiger partial charge in [-0.25, -0.2) is 0 Å². The van der Waals surface area contributed by atoms with Gasteiger partial charge in [-0.05, 0) is 6.92 Å². The molecule has 0 saturated heterocycles. The number of hydrogen-bond donors (Lipinski definition) is 3. The molecule has 0 bridgehead atoms. The predicted molar refractivity (Wildman–Crippen MR) is 34.0 cm³/mol. The molecular formula is C5H10N2O3. The quantitative estimate of drug-likeness (QED) is 0.458. The highest BCUT2D eigenvalue weighted by Crippen LogP contribution is 2.03. The molecule has 58 valence electrons.